The molecule has 22 heavy (non-hydrogen) atoms. The van der Waals surface area contributed by atoms with Gasteiger partial charge in [-0.05, 0) is 42.0 Å². The van der Waals surface area contributed by atoms with E-state index < -0.39 is 21.8 Å². The topological polar surface area (TPSA) is 66.4 Å². The molecule has 0 saturated carbocycles. The first-order valence-corrected chi connectivity index (χ1v) is 7.62. The van der Waals surface area contributed by atoms with E-state index in [-0.39, 0.29) is 17.2 Å². The quantitative estimate of drug-likeness (QED) is 0.905. The highest BCUT2D eigenvalue weighted by Gasteiger charge is 2.30. The minimum atomic E-state index is -4.51. The average molecular weight is 331 g/mol. The first-order chi connectivity index (χ1) is 10.2. The van der Waals surface area contributed by atoms with Gasteiger partial charge >= 0.3 is 6.18 Å². The molecule has 0 atom stereocenters. The number of alkyl halides is 3. The number of rotatable bonds is 4. The first-order valence-electron chi connectivity index (χ1n) is 6.13. The molecule has 2 N–H and O–H groups in total. The van der Waals surface area contributed by atoms with Crippen LogP contribution in [0.1, 0.15) is 11.1 Å². The summed E-state index contributed by atoms with van der Waals surface area (Å²) < 4.78 is 63.6. The van der Waals surface area contributed by atoms with Crippen LogP contribution in [0.2, 0.25) is 0 Å². The number of phenolic OH excluding ortho intramolecular Hbond substituents is 1. The zero-order valence-electron chi connectivity index (χ0n) is 11.1. The summed E-state index contributed by atoms with van der Waals surface area (Å²) in [6, 6.07) is 9.12. The van der Waals surface area contributed by atoms with Gasteiger partial charge in [0.2, 0.25) is 10.0 Å². The van der Waals surface area contributed by atoms with Crippen LogP contribution in [-0.2, 0) is 22.7 Å². The van der Waals surface area contributed by atoms with Gasteiger partial charge in [0.05, 0.1) is 10.5 Å². The van der Waals surface area contributed by atoms with Gasteiger partial charge in [0.25, 0.3) is 0 Å². The normalized spacial score (nSPS) is 12.3. The Bertz CT molecular complexity index is 738. The fraction of sp³-hybridized carbons (Fsp3) is 0.143. The summed E-state index contributed by atoms with van der Waals surface area (Å²) in [5.74, 6) is 0.0503. The van der Waals surface area contributed by atoms with Crippen LogP contribution < -0.4 is 4.72 Å². The lowest BCUT2D eigenvalue weighted by molar-refractivity contribution is -0.137. The number of phenols is 1. The van der Waals surface area contributed by atoms with Crippen LogP contribution in [0.15, 0.2) is 53.4 Å². The zero-order valence-corrected chi connectivity index (χ0v) is 11.9. The lowest BCUT2D eigenvalue weighted by Crippen LogP contribution is -2.23. The number of hydrogen-bond acceptors (Lipinski definition) is 3. The van der Waals surface area contributed by atoms with E-state index >= 15 is 0 Å². The summed E-state index contributed by atoms with van der Waals surface area (Å²) in [4.78, 5) is -0.251. The van der Waals surface area contributed by atoms with Crippen molar-refractivity contribution in [2.75, 3.05) is 0 Å². The standard InChI is InChI=1S/C14H12F3NO3S/c15-14(16,17)11-3-7-13(8-4-11)22(20,21)18-9-10-1-5-12(19)6-2-10/h1-8,18-19H,9H2. The Kier molecular flexibility index (Phi) is 4.43. The summed E-state index contributed by atoms with van der Waals surface area (Å²) in [5.41, 5.74) is -0.307. The van der Waals surface area contributed by atoms with Crippen molar-refractivity contribution in [2.45, 2.75) is 17.6 Å². The SMILES string of the molecule is O=S(=O)(NCc1ccc(O)cc1)c1ccc(C(F)(F)F)cc1. The number of hydrogen-bond donors (Lipinski definition) is 2. The first kappa shape index (κ1) is 16.3. The van der Waals surface area contributed by atoms with Gasteiger partial charge in [0.1, 0.15) is 5.75 Å². The summed E-state index contributed by atoms with van der Waals surface area (Å²) in [6.07, 6.45) is -4.51. The molecule has 0 fully saturated rings. The Balaban J connectivity index is 2.11. The second-order valence-electron chi connectivity index (χ2n) is 4.51. The lowest BCUT2D eigenvalue weighted by atomic mass is 10.2. The maximum atomic E-state index is 12.4. The van der Waals surface area contributed by atoms with Crippen molar-refractivity contribution < 1.29 is 26.7 Å². The molecule has 0 amide bonds. The van der Waals surface area contributed by atoms with Gasteiger partial charge < -0.3 is 5.11 Å². The fourth-order valence-electron chi connectivity index (χ4n) is 1.70. The van der Waals surface area contributed by atoms with E-state index in [0.29, 0.717) is 5.56 Å². The Morgan fingerprint density at radius 2 is 1.50 bits per heavy atom. The molecule has 118 valence electrons. The van der Waals surface area contributed by atoms with Crippen molar-refractivity contribution in [1.29, 1.82) is 0 Å². The monoisotopic (exact) mass is 331 g/mol. The van der Waals surface area contributed by atoms with Crippen molar-refractivity contribution >= 4 is 10.0 Å². The van der Waals surface area contributed by atoms with Crippen molar-refractivity contribution in [2.24, 2.45) is 0 Å². The van der Waals surface area contributed by atoms with E-state index in [0.717, 1.165) is 24.3 Å². The molecule has 0 saturated heterocycles. The summed E-state index contributed by atoms with van der Waals surface area (Å²) >= 11 is 0. The van der Waals surface area contributed by atoms with Crippen molar-refractivity contribution in [3.63, 3.8) is 0 Å². The van der Waals surface area contributed by atoms with E-state index in [9.17, 15) is 21.6 Å². The highest BCUT2D eigenvalue weighted by atomic mass is 32.2. The molecular formula is C14H12F3NO3S. The predicted molar refractivity (Wildman–Crippen MR) is 73.6 cm³/mol. The Labute approximate surface area is 125 Å². The van der Waals surface area contributed by atoms with Gasteiger partial charge in [0, 0.05) is 6.54 Å². The molecule has 0 aromatic heterocycles. The smallest absolute Gasteiger partial charge is 0.416 e. The van der Waals surface area contributed by atoms with Crippen LogP contribution in [0.3, 0.4) is 0 Å². The van der Waals surface area contributed by atoms with Crippen LogP contribution in [0.4, 0.5) is 13.2 Å². The second kappa shape index (κ2) is 5.98. The van der Waals surface area contributed by atoms with E-state index in [1.54, 1.807) is 0 Å². The van der Waals surface area contributed by atoms with E-state index in [1.807, 2.05) is 0 Å². The van der Waals surface area contributed by atoms with Crippen molar-refractivity contribution in [1.82, 2.24) is 4.72 Å². The summed E-state index contributed by atoms with van der Waals surface area (Å²) in [6.45, 7) is -0.0381. The van der Waals surface area contributed by atoms with E-state index in [4.69, 9.17) is 5.11 Å². The van der Waals surface area contributed by atoms with Gasteiger partial charge in [-0.15, -0.1) is 0 Å². The zero-order chi connectivity index (χ0) is 16.4. The third-order valence-corrected chi connectivity index (χ3v) is 4.31. The highest BCUT2D eigenvalue weighted by molar-refractivity contribution is 7.89. The van der Waals surface area contributed by atoms with Crippen LogP contribution in [0, 0.1) is 0 Å². The Morgan fingerprint density at radius 1 is 0.955 bits per heavy atom. The number of benzene rings is 2. The van der Waals surface area contributed by atoms with Crippen molar-refractivity contribution in [3.05, 3.63) is 59.7 Å². The lowest BCUT2D eigenvalue weighted by Gasteiger charge is -2.09. The average Bonchev–Trinajstić information content (AvgIpc) is 2.46. The van der Waals surface area contributed by atoms with Gasteiger partial charge in [-0.3, -0.25) is 0 Å². The van der Waals surface area contributed by atoms with Crippen LogP contribution in [0.5, 0.6) is 5.75 Å². The molecule has 0 radical (unpaired) electrons. The largest absolute Gasteiger partial charge is 0.508 e. The molecule has 0 heterocycles. The maximum absolute atomic E-state index is 12.4. The molecule has 2 rings (SSSR count). The van der Waals surface area contributed by atoms with Gasteiger partial charge in [-0.25, -0.2) is 13.1 Å². The van der Waals surface area contributed by atoms with Gasteiger partial charge in [-0.1, -0.05) is 12.1 Å². The Hall–Kier alpha value is -2.06. The third kappa shape index (κ3) is 3.99. The molecule has 8 heteroatoms. The minimum absolute atomic E-state index is 0.0381. The van der Waals surface area contributed by atoms with Gasteiger partial charge in [0.15, 0.2) is 0 Å². The molecule has 0 bridgehead atoms. The molecule has 0 aliphatic carbocycles. The van der Waals surface area contributed by atoms with Gasteiger partial charge in [-0.2, -0.15) is 13.2 Å². The number of sulfonamides is 1. The molecule has 2 aromatic rings. The van der Waals surface area contributed by atoms with E-state index in [2.05, 4.69) is 4.72 Å². The van der Waals surface area contributed by atoms with Crippen LogP contribution in [-0.4, -0.2) is 13.5 Å². The molecular weight excluding hydrogens is 319 g/mol. The van der Waals surface area contributed by atoms with Crippen LogP contribution >= 0.6 is 0 Å². The van der Waals surface area contributed by atoms with E-state index in [1.165, 1.54) is 24.3 Å². The maximum Gasteiger partial charge on any atom is 0.416 e. The predicted octanol–water partition coefficient (Wildman–Crippen LogP) is 2.89. The number of halogens is 3. The molecule has 2 aromatic carbocycles. The number of aromatic hydroxyl groups is 1. The summed E-state index contributed by atoms with van der Waals surface area (Å²) in [5, 5.41) is 9.12. The highest BCUT2D eigenvalue weighted by Crippen LogP contribution is 2.29. The molecule has 4 nitrogen and oxygen atoms in total. The van der Waals surface area contributed by atoms with Crippen LogP contribution in [0.25, 0.3) is 0 Å². The molecule has 0 aliphatic rings. The summed E-state index contributed by atoms with van der Waals surface area (Å²) in [7, 11) is -3.91. The minimum Gasteiger partial charge on any atom is -0.508 e. The molecule has 0 spiro atoms. The second-order valence-corrected chi connectivity index (χ2v) is 6.28. The third-order valence-electron chi connectivity index (χ3n) is 2.89. The van der Waals surface area contributed by atoms with Crippen molar-refractivity contribution in [3.8, 4) is 5.75 Å². The fourth-order valence-corrected chi connectivity index (χ4v) is 2.72. The molecule has 0 unspecified atom stereocenters. The molecule has 0 aliphatic heterocycles. The number of nitrogens with one attached hydrogen (secondary N) is 1. The Morgan fingerprint density at radius 3 is 2.00 bits per heavy atom.